The number of anilines is 1. The lowest BCUT2D eigenvalue weighted by atomic mass is 10.1. The van der Waals surface area contributed by atoms with Gasteiger partial charge >= 0.3 is 0 Å². The average molecular weight is 278 g/mol. The van der Waals surface area contributed by atoms with Crippen molar-refractivity contribution in [2.75, 3.05) is 32.0 Å². The third-order valence-electron chi connectivity index (χ3n) is 3.70. The van der Waals surface area contributed by atoms with Gasteiger partial charge in [0.05, 0.1) is 5.56 Å². The van der Waals surface area contributed by atoms with E-state index in [0.717, 1.165) is 62.0 Å². The summed E-state index contributed by atoms with van der Waals surface area (Å²) in [6.07, 6.45) is 3.49. The van der Waals surface area contributed by atoms with Crippen LogP contribution in [0.3, 0.4) is 0 Å². The number of hydrogen-bond donors (Lipinski definition) is 1. The molecule has 0 spiro atoms. The summed E-state index contributed by atoms with van der Waals surface area (Å²) in [5.41, 5.74) is 1.02. The summed E-state index contributed by atoms with van der Waals surface area (Å²) < 4.78 is 6.12. The Labute approximate surface area is 121 Å². The van der Waals surface area contributed by atoms with Crippen molar-refractivity contribution in [2.24, 2.45) is 0 Å². The fourth-order valence-corrected chi connectivity index (χ4v) is 2.39. The Bertz CT molecular complexity index is 442. The quantitative estimate of drug-likeness (QED) is 0.896. The molecule has 1 N–H and O–H groups in total. The van der Waals surface area contributed by atoms with E-state index in [1.54, 1.807) is 0 Å². The molecule has 0 atom stereocenters. The maximum atomic E-state index is 6.12. The van der Waals surface area contributed by atoms with Crippen LogP contribution >= 0.6 is 0 Å². The van der Waals surface area contributed by atoms with E-state index < -0.39 is 0 Å². The second-order valence-electron chi connectivity index (χ2n) is 5.60. The van der Waals surface area contributed by atoms with Crippen molar-refractivity contribution in [1.82, 2.24) is 14.9 Å². The molecule has 1 aromatic heterocycles. The number of aryl methyl sites for hydroxylation is 1. The van der Waals surface area contributed by atoms with E-state index in [2.05, 4.69) is 34.2 Å². The molecule has 0 amide bonds. The third kappa shape index (κ3) is 3.82. The summed E-state index contributed by atoms with van der Waals surface area (Å²) in [4.78, 5) is 11.3. The van der Waals surface area contributed by atoms with E-state index >= 15 is 0 Å². The lowest BCUT2D eigenvalue weighted by Crippen LogP contribution is -2.36. The molecule has 5 heteroatoms. The smallest absolute Gasteiger partial charge is 0.222 e. The molecule has 1 aromatic rings. The van der Waals surface area contributed by atoms with Gasteiger partial charge < -0.3 is 15.0 Å². The first-order valence-electron chi connectivity index (χ1n) is 7.54. The largest absolute Gasteiger partial charge is 0.474 e. The fourth-order valence-electron chi connectivity index (χ4n) is 2.39. The highest BCUT2D eigenvalue weighted by molar-refractivity contribution is 5.48. The first-order valence-corrected chi connectivity index (χ1v) is 7.54. The maximum absolute atomic E-state index is 6.12. The third-order valence-corrected chi connectivity index (χ3v) is 3.70. The predicted molar refractivity (Wildman–Crippen MR) is 81.4 cm³/mol. The zero-order valence-corrected chi connectivity index (χ0v) is 13.1. The van der Waals surface area contributed by atoms with Gasteiger partial charge in [0, 0.05) is 19.6 Å². The molecular formula is C15H26N4O. The minimum atomic E-state index is 0.276. The van der Waals surface area contributed by atoms with E-state index in [1.807, 2.05) is 13.8 Å². The van der Waals surface area contributed by atoms with Crippen LogP contribution in [0.1, 0.15) is 37.6 Å². The molecule has 0 aliphatic carbocycles. The predicted octanol–water partition coefficient (Wildman–Crippen LogP) is 2.39. The van der Waals surface area contributed by atoms with E-state index in [9.17, 15) is 0 Å². The Morgan fingerprint density at radius 2 is 1.95 bits per heavy atom. The van der Waals surface area contributed by atoms with Crippen LogP contribution in [0.5, 0.6) is 5.88 Å². The Balaban J connectivity index is 2.08. The molecule has 0 aromatic carbocycles. The Morgan fingerprint density at radius 3 is 2.60 bits per heavy atom. The summed E-state index contributed by atoms with van der Waals surface area (Å²) in [5.74, 6) is 2.41. The minimum Gasteiger partial charge on any atom is -0.474 e. The fraction of sp³-hybridized carbons (Fsp3) is 0.733. The molecule has 1 aliphatic heterocycles. The van der Waals surface area contributed by atoms with Crippen molar-refractivity contribution in [1.29, 1.82) is 0 Å². The number of ether oxygens (including phenoxy) is 1. The van der Waals surface area contributed by atoms with Crippen molar-refractivity contribution in [3.8, 4) is 5.88 Å². The van der Waals surface area contributed by atoms with Crippen LogP contribution in [0.2, 0.25) is 0 Å². The van der Waals surface area contributed by atoms with Gasteiger partial charge in [0.25, 0.3) is 0 Å². The summed E-state index contributed by atoms with van der Waals surface area (Å²) in [5, 5.41) is 3.35. The molecule has 1 aliphatic rings. The molecule has 0 radical (unpaired) electrons. The number of likely N-dealkylation sites (tertiary alicyclic amines) is 1. The molecular weight excluding hydrogens is 252 g/mol. The maximum Gasteiger partial charge on any atom is 0.222 e. The zero-order valence-electron chi connectivity index (χ0n) is 13.1. The number of hydrogen-bond acceptors (Lipinski definition) is 5. The van der Waals surface area contributed by atoms with Crippen LogP contribution in [0.15, 0.2) is 0 Å². The van der Waals surface area contributed by atoms with Gasteiger partial charge in [0.2, 0.25) is 5.88 Å². The molecule has 2 rings (SSSR count). The summed E-state index contributed by atoms with van der Waals surface area (Å²) in [7, 11) is 2.16. The highest BCUT2D eigenvalue weighted by Crippen LogP contribution is 2.25. The Kier molecular flexibility index (Phi) is 5.17. The molecule has 0 unspecified atom stereocenters. The van der Waals surface area contributed by atoms with Gasteiger partial charge in [0.1, 0.15) is 17.7 Å². The van der Waals surface area contributed by atoms with Crippen LogP contribution in [-0.4, -0.2) is 47.7 Å². The Morgan fingerprint density at radius 1 is 1.25 bits per heavy atom. The molecule has 20 heavy (non-hydrogen) atoms. The van der Waals surface area contributed by atoms with Crippen molar-refractivity contribution in [2.45, 2.75) is 46.1 Å². The molecule has 112 valence electrons. The van der Waals surface area contributed by atoms with Gasteiger partial charge in [-0.2, -0.15) is 4.98 Å². The second kappa shape index (κ2) is 6.88. The Hall–Kier alpha value is -1.36. The summed E-state index contributed by atoms with van der Waals surface area (Å²) in [6, 6.07) is 0. The van der Waals surface area contributed by atoms with E-state index in [1.165, 1.54) is 0 Å². The minimum absolute atomic E-state index is 0.276. The van der Waals surface area contributed by atoms with Gasteiger partial charge in [-0.1, -0.05) is 6.92 Å². The van der Waals surface area contributed by atoms with Crippen molar-refractivity contribution < 1.29 is 4.74 Å². The number of nitrogens with zero attached hydrogens (tertiary/aromatic N) is 3. The molecule has 1 fully saturated rings. The number of rotatable bonds is 5. The van der Waals surface area contributed by atoms with Crippen molar-refractivity contribution in [3.05, 3.63) is 11.4 Å². The van der Waals surface area contributed by atoms with Crippen LogP contribution in [0.25, 0.3) is 0 Å². The van der Waals surface area contributed by atoms with Crippen LogP contribution in [0.4, 0.5) is 5.82 Å². The lowest BCUT2D eigenvalue weighted by molar-refractivity contribution is 0.109. The molecule has 1 saturated heterocycles. The van der Waals surface area contributed by atoms with Gasteiger partial charge in [0.15, 0.2) is 0 Å². The molecule has 0 bridgehead atoms. The van der Waals surface area contributed by atoms with Gasteiger partial charge in [-0.3, -0.25) is 0 Å². The highest BCUT2D eigenvalue weighted by Gasteiger charge is 2.20. The topological polar surface area (TPSA) is 50.3 Å². The van der Waals surface area contributed by atoms with E-state index in [4.69, 9.17) is 4.74 Å². The first-order chi connectivity index (χ1) is 9.60. The molecule has 5 nitrogen and oxygen atoms in total. The summed E-state index contributed by atoms with van der Waals surface area (Å²) >= 11 is 0. The van der Waals surface area contributed by atoms with Gasteiger partial charge in [-0.05, 0) is 40.2 Å². The summed E-state index contributed by atoms with van der Waals surface area (Å²) in [6.45, 7) is 9.19. The van der Waals surface area contributed by atoms with Crippen LogP contribution in [0, 0.1) is 13.8 Å². The van der Waals surface area contributed by atoms with E-state index in [0.29, 0.717) is 0 Å². The highest BCUT2D eigenvalue weighted by atomic mass is 16.5. The monoisotopic (exact) mass is 278 g/mol. The SMILES string of the molecule is CCCNc1nc(C)nc(OC2CCN(C)CC2)c1C. The van der Waals surface area contributed by atoms with Crippen LogP contribution in [-0.2, 0) is 0 Å². The number of aromatic nitrogens is 2. The normalized spacial score (nSPS) is 17.2. The second-order valence-corrected chi connectivity index (χ2v) is 5.60. The first kappa shape index (κ1) is 15.0. The van der Waals surface area contributed by atoms with Gasteiger partial charge in [-0.15, -0.1) is 0 Å². The van der Waals surface area contributed by atoms with Crippen LogP contribution < -0.4 is 10.1 Å². The standard InChI is InChI=1S/C15H26N4O/c1-5-8-16-14-11(2)15(18-12(3)17-14)20-13-6-9-19(4)10-7-13/h13H,5-10H2,1-4H3,(H,16,17,18). The van der Waals surface area contributed by atoms with Crippen molar-refractivity contribution >= 4 is 5.82 Å². The molecule has 2 heterocycles. The number of piperidine rings is 1. The van der Waals surface area contributed by atoms with Crippen molar-refractivity contribution in [3.63, 3.8) is 0 Å². The molecule has 0 saturated carbocycles. The number of nitrogens with one attached hydrogen (secondary N) is 1. The zero-order chi connectivity index (χ0) is 14.5. The van der Waals surface area contributed by atoms with Gasteiger partial charge in [-0.25, -0.2) is 4.98 Å². The van der Waals surface area contributed by atoms with E-state index in [-0.39, 0.29) is 6.10 Å². The lowest BCUT2D eigenvalue weighted by Gasteiger charge is -2.29. The average Bonchev–Trinajstić information content (AvgIpc) is 2.43.